The molecule has 218 valence electrons. The Balaban J connectivity index is 1.81. The van der Waals surface area contributed by atoms with Crippen molar-refractivity contribution < 1.29 is 32.6 Å². The molecule has 2 aliphatic rings. The van der Waals surface area contributed by atoms with Crippen molar-refractivity contribution in [3.63, 3.8) is 0 Å². The molecule has 2 N–H and O–H groups in total. The summed E-state index contributed by atoms with van der Waals surface area (Å²) < 4.78 is 46.0. The maximum Gasteiger partial charge on any atom is 0.416 e. The molecule has 2 aromatic carbocycles. The Hall–Kier alpha value is -3.07. The van der Waals surface area contributed by atoms with Crippen LogP contribution in [-0.4, -0.2) is 41.1 Å². The van der Waals surface area contributed by atoms with Gasteiger partial charge in [-0.1, -0.05) is 70.4 Å². The highest BCUT2D eigenvalue weighted by Crippen LogP contribution is 2.49. The number of carbonyl (C=O) groups is 2. The van der Waals surface area contributed by atoms with Crippen LogP contribution < -0.4 is 10.1 Å². The number of alkyl halides is 3. The molecule has 0 bridgehead atoms. The lowest BCUT2D eigenvalue weighted by molar-refractivity contribution is -0.154. The van der Waals surface area contributed by atoms with Gasteiger partial charge in [0.2, 0.25) is 5.91 Å². The van der Waals surface area contributed by atoms with Gasteiger partial charge < -0.3 is 20.1 Å². The van der Waals surface area contributed by atoms with E-state index in [1.54, 1.807) is 4.90 Å². The molecule has 1 amide bonds. The molecule has 2 aromatic rings. The van der Waals surface area contributed by atoms with Crippen LogP contribution in [0.3, 0.4) is 0 Å². The molecule has 0 spiro atoms. The summed E-state index contributed by atoms with van der Waals surface area (Å²) in [6, 6.07) is 10.4. The van der Waals surface area contributed by atoms with Gasteiger partial charge in [0.15, 0.2) is 0 Å². The van der Waals surface area contributed by atoms with Gasteiger partial charge >= 0.3 is 12.1 Å². The topological polar surface area (TPSA) is 78.9 Å². The molecule has 2 fully saturated rings. The summed E-state index contributed by atoms with van der Waals surface area (Å²) in [5.74, 6) is -1.71. The highest BCUT2D eigenvalue weighted by Gasteiger charge is 2.58. The zero-order chi connectivity index (χ0) is 29.2. The Bertz CT molecular complexity index is 1190. The lowest BCUT2D eigenvalue weighted by atomic mass is 9.72. The Morgan fingerprint density at radius 2 is 1.68 bits per heavy atom. The van der Waals surface area contributed by atoms with E-state index in [2.05, 4.69) is 5.32 Å². The molecule has 0 aromatic heterocycles. The predicted molar refractivity (Wildman–Crippen MR) is 146 cm³/mol. The molecule has 4 atom stereocenters. The zero-order valence-corrected chi connectivity index (χ0v) is 23.5. The Morgan fingerprint density at radius 1 is 1.02 bits per heavy atom. The summed E-state index contributed by atoms with van der Waals surface area (Å²) >= 11 is 0. The number of amides is 1. The number of nitrogens with one attached hydrogen (secondary N) is 1. The molecule has 6 nitrogen and oxygen atoms in total. The van der Waals surface area contributed by atoms with Crippen LogP contribution in [0.15, 0.2) is 48.5 Å². The van der Waals surface area contributed by atoms with Gasteiger partial charge in [-0.2, -0.15) is 13.2 Å². The van der Waals surface area contributed by atoms with Crippen LogP contribution in [0.4, 0.5) is 13.2 Å². The standard InChI is InChI=1S/C31H39F3N2O4/c1-30(2,3)24-25(35-18-21-17-22(31(32,33)34)15-16-23(21)40-4)26(19-11-7-5-8-12-19)36(27(24)29(38)39)28(37)20-13-9-6-10-14-20/h5,7-8,11-12,15-17,20,24-27,35H,6,9-10,13-14,18H2,1-4H3,(H,38,39)/t24-,25-,26+,27-/m1/s1. The summed E-state index contributed by atoms with van der Waals surface area (Å²) in [6.07, 6.45) is -0.157. The number of halogens is 3. The van der Waals surface area contributed by atoms with Crippen molar-refractivity contribution in [3.8, 4) is 5.75 Å². The summed E-state index contributed by atoms with van der Waals surface area (Å²) in [6.45, 7) is 5.85. The van der Waals surface area contributed by atoms with Crippen LogP contribution in [0, 0.1) is 17.3 Å². The second-order valence-electron chi connectivity index (χ2n) is 12.0. The van der Waals surface area contributed by atoms with Crippen molar-refractivity contribution in [2.24, 2.45) is 17.3 Å². The Kier molecular flexibility index (Phi) is 8.83. The van der Waals surface area contributed by atoms with E-state index in [0.29, 0.717) is 11.3 Å². The van der Waals surface area contributed by atoms with Crippen molar-refractivity contribution in [1.29, 1.82) is 0 Å². The van der Waals surface area contributed by atoms with Gasteiger partial charge in [-0.3, -0.25) is 4.79 Å². The Labute approximate surface area is 233 Å². The fourth-order valence-corrected chi connectivity index (χ4v) is 6.61. The first kappa shape index (κ1) is 29.9. The quantitative estimate of drug-likeness (QED) is 0.407. The highest BCUT2D eigenvalue weighted by molar-refractivity contribution is 5.87. The van der Waals surface area contributed by atoms with Crippen LogP contribution in [0.2, 0.25) is 0 Å². The van der Waals surface area contributed by atoms with E-state index in [0.717, 1.165) is 49.8 Å². The zero-order valence-electron chi connectivity index (χ0n) is 23.5. The first-order valence-corrected chi connectivity index (χ1v) is 13.9. The first-order chi connectivity index (χ1) is 18.8. The molecule has 1 aliphatic heterocycles. The number of carboxylic acids is 1. The second kappa shape index (κ2) is 11.8. The molecule has 1 saturated heterocycles. The third kappa shape index (κ3) is 6.14. The largest absolute Gasteiger partial charge is 0.496 e. The van der Waals surface area contributed by atoms with Crippen LogP contribution >= 0.6 is 0 Å². The van der Waals surface area contributed by atoms with Gasteiger partial charge in [-0.25, -0.2) is 4.79 Å². The van der Waals surface area contributed by atoms with Gasteiger partial charge in [0.25, 0.3) is 0 Å². The fraction of sp³-hybridized carbons (Fsp3) is 0.548. The van der Waals surface area contributed by atoms with Crippen molar-refractivity contribution in [1.82, 2.24) is 10.2 Å². The molecule has 9 heteroatoms. The van der Waals surface area contributed by atoms with E-state index in [1.165, 1.54) is 13.2 Å². The maximum atomic E-state index is 14.1. The summed E-state index contributed by atoms with van der Waals surface area (Å²) in [7, 11) is 1.40. The van der Waals surface area contributed by atoms with Crippen molar-refractivity contribution in [3.05, 3.63) is 65.2 Å². The van der Waals surface area contributed by atoms with Gasteiger partial charge in [-0.05, 0) is 42.0 Å². The van der Waals surface area contributed by atoms with Gasteiger partial charge in [-0.15, -0.1) is 0 Å². The maximum absolute atomic E-state index is 14.1. The number of hydrogen-bond acceptors (Lipinski definition) is 4. The van der Waals surface area contributed by atoms with E-state index >= 15 is 0 Å². The number of carbonyl (C=O) groups excluding carboxylic acids is 1. The molecule has 4 rings (SSSR count). The van der Waals surface area contributed by atoms with Crippen molar-refractivity contribution in [2.45, 2.75) is 83.7 Å². The Morgan fingerprint density at radius 3 is 2.23 bits per heavy atom. The van der Waals surface area contributed by atoms with Crippen LogP contribution in [0.25, 0.3) is 0 Å². The SMILES string of the molecule is COc1ccc(C(F)(F)F)cc1CN[C@@H]1[C@@H](C(C)(C)C)[C@H](C(=O)O)N(C(=O)C2CCCCC2)[C@H]1c1ccccc1. The average Bonchev–Trinajstić information content (AvgIpc) is 3.28. The molecule has 0 radical (unpaired) electrons. The number of likely N-dealkylation sites (tertiary alicyclic amines) is 1. The third-order valence-electron chi connectivity index (χ3n) is 8.41. The second-order valence-corrected chi connectivity index (χ2v) is 12.0. The van der Waals surface area contributed by atoms with Gasteiger partial charge in [0.1, 0.15) is 11.8 Å². The number of ether oxygens (including phenoxy) is 1. The van der Waals surface area contributed by atoms with Crippen LogP contribution in [0.5, 0.6) is 5.75 Å². The molecule has 1 heterocycles. The monoisotopic (exact) mass is 560 g/mol. The first-order valence-electron chi connectivity index (χ1n) is 13.9. The molecule has 1 aliphatic carbocycles. The van der Waals surface area contributed by atoms with Gasteiger partial charge in [0.05, 0.1) is 18.7 Å². The minimum atomic E-state index is -4.52. The summed E-state index contributed by atoms with van der Waals surface area (Å²) in [4.78, 5) is 28.7. The normalized spacial score (nSPS) is 24.2. The lowest BCUT2D eigenvalue weighted by Crippen LogP contribution is -2.49. The number of hydrogen-bond donors (Lipinski definition) is 2. The molecule has 1 saturated carbocycles. The number of aliphatic carboxylic acids is 1. The smallest absolute Gasteiger partial charge is 0.416 e. The highest BCUT2D eigenvalue weighted by atomic mass is 19.4. The molecule has 40 heavy (non-hydrogen) atoms. The number of carboxylic acid groups (broad SMARTS) is 1. The molecular formula is C31H39F3N2O4. The van der Waals surface area contributed by atoms with Crippen LogP contribution in [0.1, 0.15) is 75.6 Å². The summed E-state index contributed by atoms with van der Waals surface area (Å²) in [5, 5.41) is 14.0. The fourth-order valence-electron chi connectivity index (χ4n) is 6.61. The van der Waals surface area contributed by atoms with E-state index in [1.807, 2.05) is 51.1 Å². The van der Waals surface area contributed by atoms with Crippen molar-refractivity contribution in [2.75, 3.05) is 7.11 Å². The van der Waals surface area contributed by atoms with Gasteiger partial charge in [0, 0.05) is 30.0 Å². The minimum Gasteiger partial charge on any atom is -0.496 e. The van der Waals surface area contributed by atoms with E-state index in [-0.39, 0.29) is 18.4 Å². The van der Waals surface area contributed by atoms with E-state index in [9.17, 15) is 27.9 Å². The van der Waals surface area contributed by atoms with Crippen molar-refractivity contribution >= 4 is 11.9 Å². The van der Waals surface area contributed by atoms with E-state index < -0.39 is 47.2 Å². The lowest BCUT2D eigenvalue weighted by Gasteiger charge is -2.36. The number of nitrogens with zero attached hydrogens (tertiary/aromatic N) is 1. The summed E-state index contributed by atoms with van der Waals surface area (Å²) in [5.41, 5.74) is -0.243. The predicted octanol–water partition coefficient (Wildman–Crippen LogP) is 6.45. The number of methoxy groups -OCH3 is 1. The average molecular weight is 561 g/mol. The van der Waals surface area contributed by atoms with E-state index in [4.69, 9.17) is 4.74 Å². The molecular weight excluding hydrogens is 521 g/mol. The minimum absolute atomic E-state index is 0.00543. The molecule has 0 unspecified atom stereocenters. The van der Waals surface area contributed by atoms with Crippen LogP contribution in [-0.2, 0) is 22.3 Å². The number of rotatable bonds is 7. The number of benzene rings is 2. The third-order valence-corrected chi connectivity index (χ3v) is 8.41.